The Morgan fingerprint density at radius 1 is 1.03 bits per heavy atom. The van der Waals surface area contributed by atoms with Crippen LogP contribution in [0.5, 0.6) is 5.75 Å². The molecule has 1 aromatic heterocycles. The van der Waals surface area contributed by atoms with E-state index in [0.717, 1.165) is 81.6 Å². The van der Waals surface area contributed by atoms with Gasteiger partial charge in [-0.2, -0.15) is 0 Å². The van der Waals surface area contributed by atoms with Crippen LogP contribution in [0.2, 0.25) is 0 Å². The van der Waals surface area contributed by atoms with Crippen LogP contribution in [0, 0.1) is 0 Å². The van der Waals surface area contributed by atoms with Crippen molar-refractivity contribution in [1.82, 2.24) is 19.7 Å². The fraction of sp³-hybridized carbons (Fsp3) is 0.433. The molecule has 0 saturated carbocycles. The number of benzene rings is 2. The number of piperazine rings is 1. The second-order valence-corrected chi connectivity index (χ2v) is 10.4. The van der Waals surface area contributed by atoms with E-state index in [2.05, 4.69) is 50.0 Å². The minimum Gasteiger partial charge on any atom is -0.497 e. The van der Waals surface area contributed by atoms with Gasteiger partial charge < -0.3 is 19.5 Å². The molecule has 6 nitrogen and oxygen atoms in total. The molecule has 3 heterocycles. The quantitative estimate of drug-likeness (QED) is 0.547. The summed E-state index contributed by atoms with van der Waals surface area (Å²) >= 11 is 0. The summed E-state index contributed by atoms with van der Waals surface area (Å²) in [4.78, 5) is 24.1. The topological polar surface area (TPSA) is 51.8 Å². The van der Waals surface area contributed by atoms with Gasteiger partial charge in [-0.1, -0.05) is 30.3 Å². The Morgan fingerprint density at radius 3 is 2.75 bits per heavy atom. The first-order valence-corrected chi connectivity index (χ1v) is 13.4. The van der Waals surface area contributed by atoms with Gasteiger partial charge in [-0.05, 0) is 55.9 Å². The predicted molar refractivity (Wildman–Crippen MR) is 144 cm³/mol. The van der Waals surface area contributed by atoms with Crippen molar-refractivity contribution in [3.8, 4) is 5.75 Å². The van der Waals surface area contributed by atoms with E-state index in [1.54, 1.807) is 7.11 Å². The Morgan fingerprint density at radius 2 is 1.89 bits per heavy atom. The van der Waals surface area contributed by atoms with Gasteiger partial charge in [0.05, 0.1) is 7.11 Å². The number of hydrogen-bond donors (Lipinski definition) is 1. The second-order valence-electron chi connectivity index (χ2n) is 10.4. The second kappa shape index (κ2) is 10.0. The molecule has 1 amide bonds. The number of methoxy groups -OCH3 is 1. The molecular formula is C30H36N4O2. The zero-order valence-electron chi connectivity index (χ0n) is 21.2. The number of piperidine rings is 1. The van der Waals surface area contributed by atoms with Crippen molar-refractivity contribution in [1.29, 1.82) is 0 Å². The van der Waals surface area contributed by atoms with Crippen molar-refractivity contribution < 1.29 is 9.53 Å². The van der Waals surface area contributed by atoms with E-state index >= 15 is 0 Å². The number of amides is 1. The summed E-state index contributed by atoms with van der Waals surface area (Å²) in [6.07, 6.45) is 7.90. The molecule has 3 aliphatic rings. The molecule has 0 radical (unpaired) electrons. The monoisotopic (exact) mass is 484 g/mol. The number of rotatable bonds is 6. The van der Waals surface area contributed by atoms with Gasteiger partial charge in [0.15, 0.2) is 0 Å². The SMILES string of the molecule is COc1ccc2cc(C(=O)N3CCCC[C@H]3CCN3CCN(C4=CCc5ccccc54)CC3)[nH]c2c1. The molecule has 1 aliphatic carbocycles. The lowest BCUT2D eigenvalue weighted by molar-refractivity contribution is 0.0568. The number of carbonyl (C=O) groups is 1. The van der Waals surface area contributed by atoms with Crippen LogP contribution in [0.3, 0.4) is 0 Å². The van der Waals surface area contributed by atoms with Crippen LogP contribution < -0.4 is 4.74 Å². The van der Waals surface area contributed by atoms with Crippen LogP contribution in [0.1, 0.15) is 47.3 Å². The summed E-state index contributed by atoms with van der Waals surface area (Å²) in [7, 11) is 1.67. The molecule has 6 heteroatoms. The molecule has 2 saturated heterocycles. The number of nitrogens with zero attached hydrogens (tertiary/aromatic N) is 3. The van der Waals surface area contributed by atoms with Gasteiger partial charge in [-0.3, -0.25) is 9.69 Å². The third-order valence-electron chi connectivity index (χ3n) is 8.25. The molecule has 188 valence electrons. The predicted octanol–water partition coefficient (Wildman–Crippen LogP) is 4.78. The third-order valence-corrected chi connectivity index (χ3v) is 8.25. The average molecular weight is 485 g/mol. The fourth-order valence-corrected chi connectivity index (χ4v) is 6.18. The number of carbonyl (C=O) groups excluding carboxylic acids is 1. The van der Waals surface area contributed by atoms with Crippen molar-refractivity contribution in [2.45, 2.75) is 38.1 Å². The molecule has 2 aromatic carbocycles. The van der Waals surface area contributed by atoms with E-state index in [1.165, 1.54) is 23.2 Å². The van der Waals surface area contributed by atoms with Gasteiger partial charge in [0.1, 0.15) is 11.4 Å². The van der Waals surface area contributed by atoms with Crippen LogP contribution in [-0.2, 0) is 6.42 Å². The zero-order valence-corrected chi connectivity index (χ0v) is 21.2. The van der Waals surface area contributed by atoms with E-state index < -0.39 is 0 Å². The minimum absolute atomic E-state index is 0.131. The maximum Gasteiger partial charge on any atom is 0.270 e. The summed E-state index contributed by atoms with van der Waals surface area (Å²) in [6.45, 7) is 6.23. The summed E-state index contributed by atoms with van der Waals surface area (Å²) in [6, 6.07) is 17.0. The molecule has 0 bridgehead atoms. The lowest BCUT2D eigenvalue weighted by Crippen LogP contribution is -2.48. The smallest absolute Gasteiger partial charge is 0.270 e. The first kappa shape index (κ1) is 23.2. The number of likely N-dealkylation sites (tertiary alicyclic amines) is 1. The lowest BCUT2D eigenvalue weighted by atomic mass is 9.98. The number of aromatic amines is 1. The molecule has 0 unspecified atom stereocenters. The number of aromatic nitrogens is 1. The Labute approximate surface area is 213 Å². The zero-order chi connectivity index (χ0) is 24.5. The molecule has 2 fully saturated rings. The van der Waals surface area contributed by atoms with Gasteiger partial charge in [0.2, 0.25) is 0 Å². The van der Waals surface area contributed by atoms with Crippen molar-refractivity contribution in [3.05, 3.63) is 71.4 Å². The number of fused-ring (bicyclic) bond motifs is 2. The van der Waals surface area contributed by atoms with Crippen LogP contribution in [0.4, 0.5) is 0 Å². The van der Waals surface area contributed by atoms with Gasteiger partial charge >= 0.3 is 0 Å². The first-order valence-electron chi connectivity index (χ1n) is 13.4. The molecule has 3 aromatic rings. The normalized spacial score (nSPS) is 20.5. The van der Waals surface area contributed by atoms with Crippen LogP contribution >= 0.6 is 0 Å². The van der Waals surface area contributed by atoms with Crippen molar-refractivity contribution >= 4 is 22.5 Å². The third kappa shape index (κ3) is 4.50. The summed E-state index contributed by atoms with van der Waals surface area (Å²) < 4.78 is 5.34. The Hall–Kier alpha value is -3.25. The highest BCUT2D eigenvalue weighted by molar-refractivity contribution is 5.98. The lowest BCUT2D eigenvalue weighted by Gasteiger charge is -2.40. The summed E-state index contributed by atoms with van der Waals surface area (Å²) in [5.41, 5.74) is 5.92. The largest absolute Gasteiger partial charge is 0.497 e. The molecule has 2 aliphatic heterocycles. The van der Waals surface area contributed by atoms with Crippen molar-refractivity contribution in [2.75, 3.05) is 46.4 Å². The molecule has 0 spiro atoms. The van der Waals surface area contributed by atoms with E-state index in [9.17, 15) is 4.79 Å². The van der Waals surface area contributed by atoms with Crippen molar-refractivity contribution in [3.63, 3.8) is 0 Å². The van der Waals surface area contributed by atoms with Gasteiger partial charge in [-0.15, -0.1) is 0 Å². The van der Waals surface area contributed by atoms with Crippen LogP contribution in [0.25, 0.3) is 16.6 Å². The Balaban J connectivity index is 1.06. The number of hydrogen-bond acceptors (Lipinski definition) is 4. The Bertz CT molecular complexity index is 1270. The van der Waals surface area contributed by atoms with Crippen molar-refractivity contribution in [2.24, 2.45) is 0 Å². The highest BCUT2D eigenvalue weighted by Crippen LogP contribution is 2.31. The summed E-state index contributed by atoms with van der Waals surface area (Å²) in [5, 5.41) is 1.05. The highest BCUT2D eigenvalue weighted by Gasteiger charge is 2.30. The fourth-order valence-electron chi connectivity index (χ4n) is 6.18. The maximum atomic E-state index is 13.5. The highest BCUT2D eigenvalue weighted by atomic mass is 16.5. The van der Waals surface area contributed by atoms with Gasteiger partial charge in [0.25, 0.3) is 5.91 Å². The number of ether oxygens (including phenoxy) is 1. The number of allylic oxidation sites excluding steroid dienone is 1. The van der Waals surface area contributed by atoms with Crippen LogP contribution in [0.15, 0.2) is 54.6 Å². The number of nitrogens with one attached hydrogen (secondary N) is 1. The number of H-pyrrole nitrogens is 1. The molecule has 1 N–H and O–H groups in total. The Kier molecular flexibility index (Phi) is 6.45. The molecule has 1 atom stereocenters. The minimum atomic E-state index is 0.131. The van der Waals surface area contributed by atoms with Gasteiger partial charge in [0, 0.05) is 73.5 Å². The van der Waals surface area contributed by atoms with E-state index in [1.807, 2.05) is 24.3 Å². The van der Waals surface area contributed by atoms with E-state index in [0.29, 0.717) is 11.7 Å². The van der Waals surface area contributed by atoms with Gasteiger partial charge in [-0.25, -0.2) is 0 Å². The molecule has 36 heavy (non-hydrogen) atoms. The average Bonchev–Trinajstić information content (AvgIpc) is 3.56. The standard InChI is InChI=1S/C30H36N4O2/c1-36-25-11-9-23-20-28(31-27(23)21-25)30(35)34-14-5-4-7-24(34)13-15-32-16-18-33(19-17-32)29-12-10-22-6-2-3-8-26(22)29/h2-3,6,8-9,11-12,20-21,24,31H,4-5,7,10,13-19H2,1H3/t24-/m0/s1. The molecule has 6 rings (SSSR count). The maximum absolute atomic E-state index is 13.5. The first-order chi connectivity index (χ1) is 17.7. The van der Waals surface area contributed by atoms with Crippen LogP contribution in [-0.4, -0.2) is 78.0 Å². The summed E-state index contributed by atoms with van der Waals surface area (Å²) in [5.74, 6) is 0.930. The van der Waals surface area contributed by atoms with E-state index in [-0.39, 0.29) is 5.91 Å². The van der Waals surface area contributed by atoms with E-state index in [4.69, 9.17) is 4.74 Å². The molecular weight excluding hydrogens is 448 g/mol.